The predicted octanol–water partition coefficient (Wildman–Crippen LogP) is 2.52. The number of rotatable bonds is 8. The van der Waals surface area contributed by atoms with E-state index in [1.54, 1.807) is 0 Å². The monoisotopic (exact) mass is 264 g/mol. The molecule has 0 atom stereocenters. The van der Waals surface area contributed by atoms with Crippen molar-refractivity contribution < 1.29 is 9.53 Å². The highest BCUT2D eigenvalue weighted by Gasteiger charge is 2.04. The fourth-order valence-corrected chi connectivity index (χ4v) is 1.60. The summed E-state index contributed by atoms with van der Waals surface area (Å²) in [5.74, 6) is 0.463. The van der Waals surface area contributed by atoms with Crippen LogP contribution in [-0.4, -0.2) is 32.2 Å². The number of hydrogen-bond acceptors (Lipinski definition) is 3. The average Bonchev–Trinajstić information content (AvgIpc) is 2.39. The number of anilines is 1. The first-order valence-electron chi connectivity index (χ1n) is 6.83. The molecule has 1 amide bonds. The summed E-state index contributed by atoms with van der Waals surface area (Å²) in [4.78, 5) is 11.8. The van der Waals surface area contributed by atoms with E-state index in [0.29, 0.717) is 24.6 Å². The summed E-state index contributed by atoms with van der Waals surface area (Å²) in [6.07, 6.45) is 0. The maximum absolute atomic E-state index is 11.8. The third-order valence-electron chi connectivity index (χ3n) is 2.51. The van der Waals surface area contributed by atoms with E-state index < -0.39 is 0 Å². The molecular weight excluding hydrogens is 240 g/mol. The fourth-order valence-electron chi connectivity index (χ4n) is 1.60. The molecule has 0 unspecified atom stereocenters. The van der Waals surface area contributed by atoms with Crippen molar-refractivity contribution in [1.29, 1.82) is 0 Å². The molecule has 1 aromatic rings. The Bertz CT molecular complexity index is 374. The van der Waals surface area contributed by atoms with Gasteiger partial charge in [0.15, 0.2) is 0 Å². The number of hydrogen-bond donors (Lipinski definition) is 2. The summed E-state index contributed by atoms with van der Waals surface area (Å²) in [5.41, 5.74) is 1.70. The minimum absolute atomic E-state index is 0.0591. The van der Waals surface area contributed by atoms with Crippen LogP contribution < -0.4 is 10.6 Å². The van der Waals surface area contributed by atoms with Gasteiger partial charge in [-0.1, -0.05) is 13.8 Å². The Balaban J connectivity index is 2.29. The van der Waals surface area contributed by atoms with Crippen LogP contribution in [0, 0.1) is 5.92 Å². The molecule has 2 N–H and O–H groups in total. The van der Waals surface area contributed by atoms with Crippen LogP contribution in [0.25, 0.3) is 0 Å². The third-order valence-corrected chi connectivity index (χ3v) is 2.51. The fraction of sp³-hybridized carbons (Fsp3) is 0.533. The van der Waals surface area contributed by atoms with E-state index in [-0.39, 0.29) is 5.91 Å². The normalized spacial score (nSPS) is 10.5. The van der Waals surface area contributed by atoms with Gasteiger partial charge in [0.2, 0.25) is 0 Å². The van der Waals surface area contributed by atoms with Gasteiger partial charge in [-0.15, -0.1) is 0 Å². The standard InChI is InChI=1S/C15H24N2O2/c1-4-16-14-7-5-13(6-8-14)15(18)17-9-10-19-11-12(2)3/h5-8,12,16H,4,9-11H2,1-3H3,(H,17,18). The van der Waals surface area contributed by atoms with Gasteiger partial charge < -0.3 is 15.4 Å². The van der Waals surface area contributed by atoms with Crippen LogP contribution in [0.15, 0.2) is 24.3 Å². The Hall–Kier alpha value is -1.55. The quantitative estimate of drug-likeness (QED) is 0.709. The van der Waals surface area contributed by atoms with Gasteiger partial charge in [-0.2, -0.15) is 0 Å². The molecule has 0 radical (unpaired) electrons. The van der Waals surface area contributed by atoms with Crippen molar-refractivity contribution in [3.05, 3.63) is 29.8 Å². The SMILES string of the molecule is CCNc1ccc(C(=O)NCCOCC(C)C)cc1. The van der Waals surface area contributed by atoms with Gasteiger partial charge in [0, 0.05) is 30.9 Å². The Morgan fingerprint density at radius 2 is 1.95 bits per heavy atom. The van der Waals surface area contributed by atoms with Crippen molar-refractivity contribution in [2.24, 2.45) is 5.92 Å². The highest BCUT2D eigenvalue weighted by Crippen LogP contribution is 2.08. The van der Waals surface area contributed by atoms with Crippen molar-refractivity contribution >= 4 is 11.6 Å². The minimum atomic E-state index is -0.0591. The Kier molecular flexibility index (Phi) is 6.97. The first-order chi connectivity index (χ1) is 9.13. The van der Waals surface area contributed by atoms with E-state index in [1.807, 2.05) is 31.2 Å². The van der Waals surface area contributed by atoms with Gasteiger partial charge in [-0.05, 0) is 37.1 Å². The average molecular weight is 264 g/mol. The molecule has 4 heteroatoms. The summed E-state index contributed by atoms with van der Waals surface area (Å²) in [7, 11) is 0. The van der Waals surface area contributed by atoms with E-state index in [2.05, 4.69) is 24.5 Å². The van der Waals surface area contributed by atoms with Gasteiger partial charge in [0.05, 0.1) is 6.61 Å². The Labute approximate surface area is 115 Å². The van der Waals surface area contributed by atoms with Crippen LogP contribution in [0.5, 0.6) is 0 Å². The zero-order chi connectivity index (χ0) is 14.1. The van der Waals surface area contributed by atoms with Crippen molar-refractivity contribution in [2.75, 3.05) is 31.6 Å². The number of benzene rings is 1. The molecule has 0 bridgehead atoms. The topological polar surface area (TPSA) is 50.4 Å². The number of carbonyl (C=O) groups excluding carboxylic acids is 1. The molecule has 0 heterocycles. The predicted molar refractivity (Wildman–Crippen MR) is 78.6 cm³/mol. The van der Waals surface area contributed by atoms with Crippen LogP contribution in [0.4, 0.5) is 5.69 Å². The lowest BCUT2D eigenvalue weighted by Crippen LogP contribution is -2.27. The largest absolute Gasteiger partial charge is 0.385 e. The van der Waals surface area contributed by atoms with E-state index in [1.165, 1.54) is 0 Å². The lowest BCUT2D eigenvalue weighted by Gasteiger charge is -2.08. The smallest absolute Gasteiger partial charge is 0.251 e. The van der Waals surface area contributed by atoms with E-state index in [0.717, 1.165) is 18.8 Å². The molecule has 0 saturated carbocycles. The third kappa shape index (κ3) is 6.25. The molecule has 1 aromatic carbocycles. The number of amides is 1. The van der Waals surface area contributed by atoms with Crippen molar-refractivity contribution in [2.45, 2.75) is 20.8 Å². The highest BCUT2D eigenvalue weighted by molar-refractivity contribution is 5.94. The molecule has 0 aliphatic carbocycles. The van der Waals surface area contributed by atoms with Crippen LogP contribution in [0.3, 0.4) is 0 Å². The lowest BCUT2D eigenvalue weighted by molar-refractivity contribution is 0.0886. The molecule has 0 spiro atoms. The zero-order valence-electron chi connectivity index (χ0n) is 12.0. The van der Waals surface area contributed by atoms with Gasteiger partial charge in [-0.3, -0.25) is 4.79 Å². The second-order valence-electron chi connectivity index (χ2n) is 4.83. The second-order valence-corrected chi connectivity index (χ2v) is 4.83. The maximum Gasteiger partial charge on any atom is 0.251 e. The van der Waals surface area contributed by atoms with Crippen molar-refractivity contribution in [1.82, 2.24) is 5.32 Å². The van der Waals surface area contributed by atoms with Crippen molar-refractivity contribution in [3.63, 3.8) is 0 Å². The molecule has 1 rings (SSSR count). The molecule has 0 fully saturated rings. The van der Waals surface area contributed by atoms with E-state index in [9.17, 15) is 4.79 Å². The maximum atomic E-state index is 11.8. The molecule has 0 aliphatic heterocycles. The van der Waals surface area contributed by atoms with Crippen LogP contribution >= 0.6 is 0 Å². The van der Waals surface area contributed by atoms with Crippen LogP contribution in [0.2, 0.25) is 0 Å². The van der Waals surface area contributed by atoms with Gasteiger partial charge in [-0.25, -0.2) is 0 Å². The highest BCUT2D eigenvalue weighted by atomic mass is 16.5. The summed E-state index contributed by atoms with van der Waals surface area (Å²) in [6.45, 7) is 8.94. The molecule has 4 nitrogen and oxygen atoms in total. The molecule has 106 valence electrons. The zero-order valence-corrected chi connectivity index (χ0v) is 12.0. The van der Waals surface area contributed by atoms with E-state index in [4.69, 9.17) is 4.74 Å². The number of carbonyl (C=O) groups is 1. The van der Waals surface area contributed by atoms with Crippen molar-refractivity contribution in [3.8, 4) is 0 Å². The van der Waals surface area contributed by atoms with Crippen LogP contribution in [0.1, 0.15) is 31.1 Å². The Morgan fingerprint density at radius 3 is 2.53 bits per heavy atom. The second kappa shape index (κ2) is 8.53. The minimum Gasteiger partial charge on any atom is -0.385 e. The molecule has 19 heavy (non-hydrogen) atoms. The lowest BCUT2D eigenvalue weighted by atomic mass is 10.2. The summed E-state index contributed by atoms with van der Waals surface area (Å²) < 4.78 is 5.41. The molecule has 0 aromatic heterocycles. The summed E-state index contributed by atoms with van der Waals surface area (Å²) >= 11 is 0. The summed E-state index contributed by atoms with van der Waals surface area (Å²) in [6, 6.07) is 7.46. The van der Waals surface area contributed by atoms with Gasteiger partial charge >= 0.3 is 0 Å². The Morgan fingerprint density at radius 1 is 1.26 bits per heavy atom. The first kappa shape index (κ1) is 15.5. The first-order valence-corrected chi connectivity index (χ1v) is 6.83. The van der Waals surface area contributed by atoms with E-state index >= 15 is 0 Å². The molecular formula is C15H24N2O2. The number of ether oxygens (including phenoxy) is 1. The molecule has 0 saturated heterocycles. The van der Waals surface area contributed by atoms with Crippen LogP contribution in [-0.2, 0) is 4.74 Å². The number of nitrogens with one attached hydrogen (secondary N) is 2. The van der Waals surface area contributed by atoms with Gasteiger partial charge in [0.1, 0.15) is 0 Å². The summed E-state index contributed by atoms with van der Waals surface area (Å²) in [5, 5.41) is 6.03. The van der Waals surface area contributed by atoms with Gasteiger partial charge in [0.25, 0.3) is 5.91 Å². The molecule has 0 aliphatic rings.